The lowest BCUT2D eigenvalue weighted by Crippen LogP contribution is -2.20. The molecule has 2 aromatic carbocycles. The van der Waals surface area contributed by atoms with Gasteiger partial charge in [-0.2, -0.15) is 0 Å². The van der Waals surface area contributed by atoms with Crippen LogP contribution in [0.4, 0.5) is 4.39 Å². The molecule has 3 N–H and O–H groups in total. The zero-order valence-corrected chi connectivity index (χ0v) is 16.2. The van der Waals surface area contributed by atoms with E-state index in [1.165, 1.54) is 6.07 Å². The molecule has 3 rings (SSSR count). The van der Waals surface area contributed by atoms with Gasteiger partial charge in [0.2, 0.25) is 5.88 Å². The number of halogens is 1. The van der Waals surface area contributed by atoms with Gasteiger partial charge in [0.25, 0.3) is 0 Å². The van der Waals surface area contributed by atoms with Gasteiger partial charge in [0.05, 0.1) is 12.8 Å². The fraction of sp³-hybridized carbons (Fsp3) is 0.273. The third-order valence-electron chi connectivity index (χ3n) is 4.97. The lowest BCUT2D eigenvalue weighted by molar-refractivity contribution is 0.315. The maximum atomic E-state index is 14.2. The van der Waals surface area contributed by atoms with Crippen molar-refractivity contribution in [2.75, 3.05) is 7.11 Å². The van der Waals surface area contributed by atoms with Crippen molar-refractivity contribution in [3.8, 4) is 17.1 Å². The van der Waals surface area contributed by atoms with Crippen LogP contribution in [0.15, 0.2) is 53.7 Å². The monoisotopic (exact) mass is 381 g/mol. The first kappa shape index (κ1) is 19.6. The molecule has 1 unspecified atom stereocenters. The van der Waals surface area contributed by atoms with E-state index < -0.39 is 0 Å². The molecule has 0 saturated carbocycles. The molecule has 146 valence electrons. The van der Waals surface area contributed by atoms with E-state index in [1.807, 2.05) is 30.3 Å². The number of rotatable bonds is 6. The second-order valence-corrected chi connectivity index (χ2v) is 7.12. The summed E-state index contributed by atoms with van der Waals surface area (Å²) in [6, 6.07) is 14.4. The molecule has 1 heterocycles. The largest absolute Gasteiger partial charge is 0.481 e. The Balaban J connectivity index is 2.04. The van der Waals surface area contributed by atoms with E-state index in [2.05, 4.69) is 24.0 Å². The summed E-state index contributed by atoms with van der Waals surface area (Å²) in [5, 5.41) is 13.4. The highest BCUT2D eigenvalue weighted by molar-refractivity contribution is 5.87. The molecule has 0 saturated heterocycles. The van der Waals surface area contributed by atoms with Crippen LogP contribution >= 0.6 is 0 Å². The van der Waals surface area contributed by atoms with Gasteiger partial charge >= 0.3 is 0 Å². The SMILES string of the molecule is COc1nc(-c2ccc3cccc(F)c3c2)ccc1C(C/C(N)=N/O)C(C)C. The summed E-state index contributed by atoms with van der Waals surface area (Å²) in [5.41, 5.74) is 8.12. The molecule has 3 aromatic rings. The van der Waals surface area contributed by atoms with Gasteiger partial charge in [-0.25, -0.2) is 9.37 Å². The van der Waals surface area contributed by atoms with E-state index in [0.29, 0.717) is 23.4 Å². The zero-order chi connectivity index (χ0) is 20.3. The van der Waals surface area contributed by atoms with Gasteiger partial charge in [0.15, 0.2) is 0 Å². The minimum absolute atomic E-state index is 0.0125. The molecule has 28 heavy (non-hydrogen) atoms. The van der Waals surface area contributed by atoms with Gasteiger partial charge in [0, 0.05) is 22.9 Å². The fourth-order valence-corrected chi connectivity index (χ4v) is 3.42. The number of aromatic nitrogens is 1. The van der Waals surface area contributed by atoms with Crippen LogP contribution in [0.2, 0.25) is 0 Å². The Morgan fingerprint density at radius 1 is 1.21 bits per heavy atom. The minimum atomic E-state index is -0.262. The van der Waals surface area contributed by atoms with Crippen molar-refractivity contribution >= 4 is 16.6 Å². The van der Waals surface area contributed by atoms with E-state index >= 15 is 0 Å². The first-order valence-electron chi connectivity index (χ1n) is 9.14. The van der Waals surface area contributed by atoms with Gasteiger partial charge in [0.1, 0.15) is 11.7 Å². The van der Waals surface area contributed by atoms with E-state index in [0.717, 1.165) is 16.5 Å². The number of fused-ring (bicyclic) bond motifs is 1. The van der Waals surface area contributed by atoms with Crippen LogP contribution in [0.1, 0.15) is 31.7 Å². The van der Waals surface area contributed by atoms with Gasteiger partial charge in [-0.05, 0) is 35.4 Å². The number of pyridine rings is 1. The molecule has 0 aliphatic rings. The third-order valence-corrected chi connectivity index (χ3v) is 4.97. The van der Waals surface area contributed by atoms with Crippen LogP contribution < -0.4 is 10.5 Å². The summed E-state index contributed by atoms with van der Waals surface area (Å²) in [5.74, 6) is 0.602. The maximum Gasteiger partial charge on any atom is 0.217 e. The second-order valence-electron chi connectivity index (χ2n) is 7.12. The minimum Gasteiger partial charge on any atom is -0.481 e. The summed E-state index contributed by atoms with van der Waals surface area (Å²) in [4.78, 5) is 4.65. The molecule has 0 bridgehead atoms. The predicted octanol–water partition coefficient (Wildman–Crippen LogP) is 4.93. The standard InChI is InChI=1S/C22H24FN3O2/c1-13(2)17(12-21(24)26-27)16-9-10-20(25-22(16)28-3)15-8-7-14-5-4-6-19(23)18(14)11-15/h4-11,13,17,27H,12H2,1-3H3,(H2,24,26). The molecule has 5 nitrogen and oxygen atoms in total. The molecule has 6 heteroatoms. The molecule has 0 spiro atoms. The number of hydrogen-bond donors (Lipinski definition) is 2. The van der Waals surface area contributed by atoms with E-state index in [-0.39, 0.29) is 23.5 Å². The molecular weight excluding hydrogens is 357 g/mol. The molecule has 0 radical (unpaired) electrons. The summed E-state index contributed by atoms with van der Waals surface area (Å²) < 4.78 is 19.7. The van der Waals surface area contributed by atoms with E-state index in [4.69, 9.17) is 15.7 Å². The first-order chi connectivity index (χ1) is 13.4. The van der Waals surface area contributed by atoms with Crippen molar-refractivity contribution in [1.29, 1.82) is 0 Å². The molecule has 1 aromatic heterocycles. The van der Waals surface area contributed by atoms with Crippen LogP contribution in [-0.4, -0.2) is 23.1 Å². The Bertz CT molecular complexity index is 1020. The van der Waals surface area contributed by atoms with Gasteiger partial charge in [-0.1, -0.05) is 49.3 Å². The van der Waals surface area contributed by atoms with Crippen LogP contribution in [-0.2, 0) is 0 Å². The number of oxime groups is 1. The van der Waals surface area contributed by atoms with Gasteiger partial charge in [-0.3, -0.25) is 0 Å². The molecule has 1 atom stereocenters. The zero-order valence-electron chi connectivity index (χ0n) is 16.2. The first-order valence-corrected chi connectivity index (χ1v) is 9.14. The van der Waals surface area contributed by atoms with Crippen LogP contribution in [0, 0.1) is 11.7 Å². The highest BCUT2D eigenvalue weighted by Gasteiger charge is 2.23. The molecule has 0 fully saturated rings. The van der Waals surface area contributed by atoms with Crippen LogP contribution in [0.5, 0.6) is 5.88 Å². The van der Waals surface area contributed by atoms with Crippen molar-refractivity contribution in [2.45, 2.75) is 26.2 Å². The number of hydrogen-bond acceptors (Lipinski definition) is 4. The quantitative estimate of drug-likeness (QED) is 0.275. The average molecular weight is 381 g/mol. The lowest BCUT2D eigenvalue weighted by Gasteiger charge is -2.22. The molecular formula is C22H24FN3O2. The highest BCUT2D eigenvalue weighted by Crippen LogP contribution is 2.35. The maximum absolute atomic E-state index is 14.2. The normalized spacial score (nSPS) is 13.1. The van der Waals surface area contributed by atoms with Crippen molar-refractivity contribution in [2.24, 2.45) is 16.8 Å². The third kappa shape index (κ3) is 3.91. The van der Waals surface area contributed by atoms with Crippen molar-refractivity contribution in [1.82, 2.24) is 4.98 Å². The Hall–Kier alpha value is -3.15. The van der Waals surface area contributed by atoms with Crippen molar-refractivity contribution in [3.63, 3.8) is 0 Å². The number of nitrogens with two attached hydrogens (primary N) is 1. The topological polar surface area (TPSA) is 80.7 Å². The Kier molecular flexibility index (Phi) is 5.78. The summed E-state index contributed by atoms with van der Waals surface area (Å²) >= 11 is 0. The van der Waals surface area contributed by atoms with E-state index in [1.54, 1.807) is 19.2 Å². The number of benzene rings is 2. The van der Waals surface area contributed by atoms with Crippen molar-refractivity contribution in [3.05, 3.63) is 59.9 Å². The molecule has 0 aliphatic heterocycles. The predicted molar refractivity (Wildman–Crippen MR) is 109 cm³/mol. The van der Waals surface area contributed by atoms with Gasteiger partial charge in [-0.15, -0.1) is 0 Å². The second kappa shape index (κ2) is 8.25. The number of amidine groups is 1. The average Bonchev–Trinajstić information content (AvgIpc) is 2.71. The van der Waals surface area contributed by atoms with Gasteiger partial charge < -0.3 is 15.7 Å². The Labute approximate surface area is 163 Å². The van der Waals surface area contributed by atoms with E-state index in [9.17, 15) is 4.39 Å². The van der Waals surface area contributed by atoms with Crippen LogP contribution in [0.25, 0.3) is 22.0 Å². The van der Waals surface area contributed by atoms with Crippen LogP contribution in [0.3, 0.4) is 0 Å². The Morgan fingerprint density at radius 3 is 2.68 bits per heavy atom. The number of methoxy groups -OCH3 is 1. The number of nitrogens with zero attached hydrogens (tertiary/aromatic N) is 2. The fourth-order valence-electron chi connectivity index (χ4n) is 3.42. The molecule has 0 amide bonds. The summed E-state index contributed by atoms with van der Waals surface area (Å²) in [7, 11) is 1.57. The number of ether oxygens (including phenoxy) is 1. The summed E-state index contributed by atoms with van der Waals surface area (Å²) in [6.45, 7) is 4.13. The smallest absolute Gasteiger partial charge is 0.217 e. The Morgan fingerprint density at radius 2 is 2.00 bits per heavy atom. The highest BCUT2D eigenvalue weighted by atomic mass is 19.1. The molecule has 0 aliphatic carbocycles. The van der Waals surface area contributed by atoms with Crippen molar-refractivity contribution < 1.29 is 14.3 Å². The summed E-state index contributed by atoms with van der Waals surface area (Å²) in [6.07, 6.45) is 0.396. The lowest BCUT2D eigenvalue weighted by atomic mass is 9.85.